The van der Waals surface area contributed by atoms with E-state index < -0.39 is 0 Å². The lowest BCUT2D eigenvalue weighted by atomic mass is 10.1. The van der Waals surface area contributed by atoms with Crippen LogP contribution in [0.3, 0.4) is 0 Å². The Hall–Kier alpha value is -1.75. The highest BCUT2D eigenvalue weighted by Crippen LogP contribution is 2.23. The van der Waals surface area contributed by atoms with Gasteiger partial charge in [-0.15, -0.1) is 0 Å². The average molecular weight is 319 g/mol. The molecule has 0 aromatic heterocycles. The lowest BCUT2D eigenvalue weighted by Crippen LogP contribution is -2.38. The van der Waals surface area contributed by atoms with Gasteiger partial charge in [-0.05, 0) is 24.5 Å². The van der Waals surface area contributed by atoms with Crippen molar-refractivity contribution in [2.75, 3.05) is 26.8 Å². The molecule has 1 atom stereocenters. The molecule has 1 aliphatic rings. The first-order valence-corrected chi connectivity index (χ1v) is 8.37. The fourth-order valence-electron chi connectivity index (χ4n) is 2.40. The number of nitrogens with one attached hydrogen (secondary N) is 2. The Bertz CT molecular complexity index is 523. The SMILES string of the molecule is CN=C(NCc1ccc(C)cc1OC1CCOC1)NCC(C)C. The largest absolute Gasteiger partial charge is 0.488 e. The van der Waals surface area contributed by atoms with Gasteiger partial charge in [-0.3, -0.25) is 4.99 Å². The number of rotatable bonds is 6. The number of guanidine groups is 1. The number of benzene rings is 1. The van der Waals surface area contributed by atoms with Gasteiger partial charge in [0.05, 0.1) is 13.2 Å². The second-order valence-electron chi connectivity index (χ2n) is 6.42. The number of hydrogen-bond acceptors (Lipinski definition) is 3. The molecule has 1 aliphatic heterocycles. The number of ether oxygens (including phenoxy) is 2. The first-order valence-electron chi connectivity index (χ1n) is 8.37. The molecule has 1 aromatic rings. The van der Waals surface area contributed by atoms with Gasteiger partial charge in [-0.2, -0.15) is 0 Å². The van der Waals surface area contributed by atoms with E-state index in [4.69, 9.17) is 9.47 Å². The molecule has 23 heavy (non-hydrogen) atoms. The second kappa shape index (κ2) is 8.77. The van der Waals surface area contributed by atoms with Crippen LogP contribution < -0.4 is 15.4 Å². The highest BCUT2D eigenvalue weighted by atomic mass is 16.5. The van der Waals surface area contributed by atoms with Crippen LogP contribution in [0, 0.1) is 12.8 Å². The predicted molar refractivity (Wildman–Crippen MR) is 94.1 cm³/mol. The molecule has 0 bridgehead atoms. The van der Waals surface area contributed by atoms with Crippen molar-refractivity contribution in [1.29, 1.82) is 0 Å². The summed E-state index contributed by atoms with van der Waals surface area (Å²) in [5.74, 6) is 2.33. The molecule has 5 nitrogen and oxygen atoms in total. The molecular weight excluding hydrogens is 290 g/mol. The number of hydrogen-bond donors (Lipinski definition) is 2. The number of aryl methyl sites for hydroxylation is 1. The molecule has 0 amide bonds. The van der Waals surface area contributed by atoms with Crippen molar-refractivity contribution in [2.45, 2.75) is 39.8 Å². The van der Waals surface area contributed by atoms with Gasteiger partial charge in [0.15, 0.2) is 5.96 Å². The first-order chi connectivity index (χ1) is 11.1. The maximum absolute atomic E-state index is 6.13. The molecule has 0 aliphatic carbocycles. The maximum atomic E-state index is 6.13. The van der Waals surface area contributed by atoms with E-state index in [1.165, 1.54) is 5.56 Å². The average Bonchev–Trinajstić information content (AvgIpc) is 3.02. The van der Waals surface area contributed by atoms with Crippen LogP contribution in [0.5, 0.6) is 5.75 Å². The van der Waals surface area contributed by atoms with Crippen molar-refractivity contribution in [2.24, 2.45) is 10.9 Å². The number of aliphatic imine (C=N–C) groups is 1. The summed E-state index contributed by atoms with van der Waals surface area (Å²) in [4.78, 5) is 4.26. The lowest BCUT2D eigenvalue weighted by molar-refractivity contribution is 0.140. The zero-order chi connectivity index (χ0) is 16.7. The van der Waals surface area contributed by atoms with Crippen LogP contribution in [0.1, 0.15) is 31.4 Å². The van der Waals surface area contributed by atoms with E-state index in [9.17, 15) is 0 Å². The van der Waals surface area contributed by atoms with Gasteiger partial charge in [-0.1, -0.05) is 26.0 Å². The first kappa shape index (κ1) is 17.6. The van der Waals surface area contributed by atoms with E-state index in [2.05, 4.69) is 54.6 Å². The van der Waals surface area contributed by atoms with Crippen LogP contribution in [0.2, 0.25) is 0 Å². The smallest absolute Gasteiger partial charge is 0.191 e. The predicted octanol–water partition coefficient (Wildman–Crippen LogP) is 2.48. The Morgan fingerprint density at radius 3 is 2.87 bits per heavy atom. The Morgan fingerprint density at radius 1 is 1.39 bits per heavy atom. The van der Waals surface area contributed by atoms with E-state index in [0.29, 0.717) is 19.1 Å². The summed E-state index contributed by atoms with van der Waals surface area (Å²) in [7, 11) is 1.79. The van der Waals surface area contributed by atoms with Gasteiger partial charge in [0.2, 0.25) is 0 Å². The van der Waals surface area contributed by atoms with Crippen molar-refractivity contribution in [3.05, 3.63) is 29.3 Å². The molecule has 0 radical (unpaired) electrons. The monoisotopic (exact) mass is 319 g/mol. The molecular formula is C18H29N3O2. The number of nitrogens with zero attached hydrogens (tertiary/aromatic N) is 1. The van der Waals surface area contributed by atoms with E-state index in [1.54, 1.807) is 7.05 Å². The fraction of sp³-hybridized carbons (Fsp3) is 0.611. The van der Waals surface area contributed by atoms with Crippen molar-refractivity contribution < 1.29 is 9.47 Å². The quantitative estimate of drug-likeness (QED) is 0.625. The topological polar surface area (TPSA) is 54.9 Å². The molecule has 1 heterocycles. The molecule has 0 saturated carbocycles. The Kier molecular flexibility index (Phi) is 6.71. The van der Waals surface area contributed by atoms with Crippen LogP contribution in [0.15, 0.2) is 23.2 Å². The zero-order valence-electron chi connectivity index (χ0n) is 14.7. The molecule has 0 spiro atoms. The summed E-state index contributed by atoms with van der Waals surface area (Å²) in [6, 6.07) is 6.32. The fourth-order valence-corrected chi connectivity index (χ4v) is 2.40. The van der Waals surface area contributed by atoms with E-state index >= 15 is 0 Å². The minimum Gasteiger partial charge on any atom is -0.488 e. The summed E-state index contributed by atoms with van der Waals surface area (Å²) in [6.45, 7) is 9.48. The third kappa shape index (κ3) is 5.75. The van der Waals surface area contributed by atoms with Gasteiger partial charge in [0.25, 0.3) is 0 Å². The summed E-state index contributed by atoms with van der Waals surface area (Å²) in [6.07, 6.45) is 1.12. The van der Waals surface area contributed by atoms with Crippen molar-refractivity contribution in [1.82, 2.24) is 10.6 Å². The standard InChI is InChI=1S/C18H29N3O2/c1-13(2)10-20-18(19-4)21-11-15-6-5-14(3)9-17(15)23-16-7-8-22-12-16/h5-6,9,13,16H,7-8,10-12H2,1-4H3,(H2,19,20,21). The minimum atomic E-state index is 0.161. The van der Waals surface area contributed by atoms with Crippen molar-refractivity contribution in [3.63, 3.8) is 0 Å². The summed E-state index contributed by atoms with van der Waals surface area (Å²) in [5, 5.41) is 6.67. The molecule has 1 saturated heterocycles. The van der Waals surface area contributed by atoms with E-state index in [1.807, 2.05) is 0 Å². The Balaban J connectivity index is 1.97. The van der Waals surface area contributed by atoms with Gasteiger partial charge < -0.3 is 20.1 Å². The van der Waals surface area contributed by atoms with Gasteiger partial charge >= 0.3 is 0 Å². The van der Waals surface area contributed by atoms with Crippen molar-refractivity contribution >= 4 is 5.96 Å². The van der Waals surface area contributed by atoms with Crippen molar-refractivity contribution in [3.8, 4) is 5.75 Å². The van der Waals surface area contributed by atoms with Crippen LogP contribution in [0.25, 0.3) is 0 Å². The maximum Gasteiger partial charge on any atom is 0.191 e. The van der Waals surface area contributed by atoms with Crippen LogP contribution in [-0.2, 0) is 11.3 Å². The second-order valence-corrected chi connectivity index (χ2v) is 6.42. The molecule has 128 valence electrons. The lowest BCUT2D eigenvalue weighted by Gasteiger charge is -2.18. The minimum absolute atomic E-state index is 0.161. The summed E-state index contributed by atoms with van der Waals surface area (Å²) >= 11 is 0. The molecule has 1 aromatic carbocycles. The van der Waals surface area contributed by atoms with Gasteiger partial charge in [0.1, 0.15) is 11.9 Å². The van der Waals surface area contributed by atoms with E-state index in [-0.39, 0.29) is 6.10 Å². The van der Waals surface area contributed by atoms with Gasteiger partial charge in [0, 0.05) is 32.1 Å². The summed E-state index contributed by atoms with van der Waals surface area (Å²) < 4.78 is 11.5. The molecule has 5 heteroatoms. The summed E-state index contributed by atoms with van der Waals surface area (Å²) in [5.41, 5.74) is 2.33. The third-order valence-electron chi connectivity index (χ3n) is 3.75. The van der Waals surface area contributed by atoms with Crippen LogP contribution in [-0.4, -0.2) is 38.9 Å². The Labute approximate surface area is 139 Å². The molecule has 1 fully saturated rings. The zero-order valence-corrected chi connectivity index (χ0v) is 14.7. The van der Waals surface area contributed by atoms with Gasteiger partial charge in [-0.25, -0.2) is 0 Å². The molecule has 1 unspecified atom stereocenters. The van der Waals surface area contributed by atoms with Crippen LogP contribution >= 0.6 is 0 Å². The van der Waals surface area contributed by atoms with Crippen LogP contribution in [0.4, 0.5) is 0 Å². The molecule has 2 N–H and O–H groups in total. The normalized spacial score (nSPS) is 18.3. The Morgan fingerprint density at radius 2 is 2.22 bits per heavy atom. The van der Waals surface area contributed by atoms with E-state index in [0.717, 1.165) is 36.8 Å². The highest BCUT2D eigenvalue weighted by Gasteiger charge is 2.18. The molecule has 2 rings (SSSR count). The third-order valence-corrected chi connectivity index (χ3v) is 3.75. The highest BCUT2D eigenvalue weighted by molar-refractivity contribution is 5.79.